The second-order valence-corrected chi connectivity index (χ2v) is 7.54. The van der Waals surface area contributed by atoms with E-state index in [2.05, 4.69) is 5.32 Å². The van der Waals surface area contributed by atoms with Crippen molar-refractivity contribution >= 4 is 28.5 Å². The first-order valence-corrected chi connectivity index (χ1v) is 10.2. The molecule has 2 amide bonds. The van der Waals surface area contributed by atoms with Crippen LogP contribution >= 0.6 is 0 Å². The molecular weight excluding hydrogens is 453 g/mol. The number of carbonyl (C=O) groups is 2. The molecule has 2 N–H and O–H groups in total. The van der Waals surface area contributed by atoms with E-state index in [4.69, 9.17) is 8.83 Å². The molecule has 0 aliphatic carbocycles. The van der Waals surface area contributed by atoms with Crippen LogP contribution in [0.15, 0.2) is 76.0 Å². The van der Waals surface area contributed by atoms with Gasteiger partial charge in [0.15, 0.2) is 0 Å². The molecule has 0 fully saturated rings. The summed E-state index contributed by atoms with van der Waals surface area (Å²) in [7, 11) is 0. The number of para-hydroxylation sites is 1. The zero-order valence-corrected chi connectivity index (χ0v) is 17.6. The fraction of sp³-hybridized carbons (Fsp3) is 0.167. The number of aromatic hydroxyl groups is 1. The van der Waals surface area contributed by atoms with E-state index in [1.54, 1.807) is 18.2 Å². The van der Waals surface area contributed by atoms with Crippen molar-refractivity contribution in [3.8, 4) is 5.75 Å². The van der Waals surface area contributed by atoms with Gasteiger partial charge in [-0.05, 0) is 36.4 Å². The Morgan fingerprint density at radius 2 is 1.82 bits per heavy atom. The van der Waals surface area contributed by atoms with Crippen LogP contribution in [-0.4, -0.2) is 28.4 Å². The Hall–Kier alpha value is -4.21. The van der Waals surface area contributed by atoms with Crippen LogP contribution in [0.2, 0.25) is 0 Å². The van der Waals surface area contributed by atoms with E-state index in [1.807, 2.05) is 0 Å². The summed E-state index contributed by atoms with van der Waals surface area (Å²) in [5.41, 5.74) is -0.458. The number of hydrogen-bond donors (Lipinski definition) is 2. The van der Waals surface area contributed by atoms with Crippen molar-refractivity contribution < 1.29 is 36.7 Å². The van der Waals surface area contributed by atoms with Crippen LogP contribution in [0, 0.1) is 0 Å². The van der Waals surface area contributed by atoms with E-state index >= 15 is 0 Å². The number of halogens is 3. The van der Waals surface area contributed by atoms with E-state index in [-0.39, 0.29) is 18.7 Å². The molecule has 10 heteroatoms. The van der Waals surface area contributed by atoms with Gasteiger partial charge in [0, 0.05) is 17.0 Å². The Balaban J connectivity index is 1.53. The molecule has 0 aliphatic heterocycles. The van der Waals surface area contributed by atoms with Gasteiger partial charge in [-0.2, -0.15) is 13.2 Å². The van der Waals surface area contributed by atoms with E-state index in [0.717, 1.165) is 12.1 Å². The maximum atomic E-state index is 13.3. The molecule has 0 atom stereocenters. The summed E-state index contributed by atoms with van der Waals surface area (Å²) in [6.45, 7) is -0.557. The van der Waals surface area contributed by atoms with Crippen LogP contribution in [0.5, 0.6) is 5.75 Å². The summed E-state index contributed by atoms with van der Waals surface area (Å²) in [4.78, 5) is 26.9. The van der Waals surface area contributed by atoms with Crippen LogP contribution in [0.4, 0.5) is 18.9 Å². The minimum absolute atomic E-state index is 0.00924. The van der Waals surface area contributed by atoms with Crippen LogP contribution < -0.4 is 5.32 Å². The summed E-state index contributed by atoms with van der Waals surface area (Å²) in [5.74, 6) is -0.848. The second kappa shape index (κ2) is 9.34. The summed E-state index contributed by atoms with van der Waals surface area (Å²) in [5, 5.41) is 12.4. The number of furan rings is 2. The Bertz CT molecular complexity index is 1310. The van der Waals surface area contributed by atoms with E-state index < -0.39 is 35.8 Å². The molecule has 2 aromatic carbocycles. The largest absolute Gasteiger partial charge is 0.508 e. The normalized spacial score (nSPS) is 11.5. The first-order chi connectivity index (χ1) is 16.2. The third-order valence-corrected chi connectivity index (χ3v) is 5.10. The molecule has 176 valence electrons. The minimum Gasteiger partial charge on any atom is -0.508 e. The third kappa shape index (κ3) is 5.22. The number of nitrogens with zero attached hydrogens (tertiary/aromatic N) is 1. The summed E-state index contributed by atoms with van der Waals surface area (Å²) >= 11 is 0. The van der Waals surface area contributed by atoms with Crippen molar-refractivity contribution in [2.45, 2.75) is 19.1 Å². The lowest BCUT2D eigenvalue weighted by atomic mass is 10.1. The third-order valence-electron chi connectivity index (χ3n) is 5.10. The zero-order valence-electron chi connectivity index (χ0n) is 17.6. The zero-order chi connectivity index (χ0) is 24.3. The fourth-order valence-electron chi connectivity index (χ4n) is 3.51. The lowest BCUT2D eigenvalue weighted by Crippen LogP contribution is -2.38. The van der Waals surface area contributed by atoms with Crippen LogP contribution in [-0.2, 0) is 28.7 Å². The number of phenolic OH excluding ortho intramolecular Hbond substituents is 1. The van der Waals surface area contributed by atoms with Crippen LogP contribution in [0.25, 0.3) is 11.0 Å². The molecule has 4 aromatic rings. The molecule has 4 rings (SSSR count). The maximum absolute atomic E-state index is 13.3. The molecule has 0 spiro atoms. The topological polar surface area (TPSA) is 95.9 Å². The quantitative estimate of drug-likeness (QED) is 0.396. The molecule has 0 saturated carbocycles. The molecule has 34 heavy (non-hydrogen) atoms. The number of nitrogens with one attached hydrogen (secondary N) is 1. The molecule has 0 aliphatic rings. The lowest BCUT2D eigenvalue weighted by molar-refractivity contribution is -0.137. The Kier molecular flexibility index (Phi) is 6.31. The molecule has 7 nitrogen and oxygen atoms in total. The molecular formula is C24H19F3N2O5. The van der Waals surface area contributed by atoms with E-state index in [1.165, 1.54) is 41.7 Å². The first-order valence-electron chi connectivity index (χ1n) is 10.2. The van der Waals surface area contributed by atoms with Gasteiger partial charge in [0.1, 0.15) is 23.6 Å². The number of rotatable bonds is 7. The van der Waals surface area contributed by atoms with Gasteiger partial charge < -0.3 is 24.2 Å². The fourth-order valence-corrected chi connectivity index (χ4v) is 3.51. The van der Waals surface area contributed by atoms with E-state index in [9.17, 15) is 27.9 Å². The molecule has 2 aromatic heterocycles. The number of carbonyl (C=O) groups excluding carboxylic acids is 2. The number of phenols is 1. The summed E-state index contributed by atoms with van der Waals surface area (Å²) in [6, 6.07) is 12.3. The number of alkyl halides is 3. The first kappa shape index (κ1) is 23.0. The Morgan fingerprint density at radius 1 is 1.03 bits per heavy atom. The van der Waals surface area contributed by atoms with Crippen molar-refractivity contribution in [2.75, 3.05) is 11.9 Å². The number of anilines is 1. The SMILES string of the molecule is O=C(CN(Cc1ccco1)C(=O)Cc1coc2cc(O)ccc12)Nc1ccccc1C(F)(F)F. The molecule has 0 bridgehead atoms. The van der Waals surface area contributed by atoms with Gasteiger partial charge in [-0.15, -0.1) is 0 Å². The van der Waals surface area contributed by atoms with Gasteiger partial charge in [0.05, 0.1) is 36.7 Å². The highest BCUT2D eigenvalue weighted by Gasteiger charge is 2.33. The van der Waals surface area contributed by atoms with Crippen molar-refractivity contribution in [2.24, 2.45) is 0 Å². The van der Waals surface area contributed by atoms with Gasteiger partial charge in [-0.3, -0.25) is 9.59 Å². The molecule has 0 saturated heterocycles. The predicted molar refractivity (Wildman–Crippen MR) is 116 cm³/mol. The van der Waals surface area contributed by atoms with Gasteiger partial charge >= 0.3 is 6.18 Å². The molecule has 0 radical (unpaired) electrons. The smallest absolute Gasteiger partial charge is 0.418 e. The maximum Gasteiger partial charge on any atom is 0.418 e. The van der Waals surface area contributed by atoms with Crippen molar-refractivity contribution in [3.05, 3.63) is 84.0 Å². The number of amides is 2. The Labute approximate surface area is 191 Å². The van der Waals surface area contributed by atoms with Crippen molar-refractivity contribution in [1.29, 1.82) is 0 Å². The highest BCUT2D eigenvalue weighted by molar-refractivity contribution is 5.96. The number of hydrogen-bond acceptors (Lipinski definition) is 5. The number of fused-ring (bicyclic) bond motifs is 1. The average Bonchev–Trinajstić information content (AvgIpc) is 3.42. The highest BCUT2D eigenvalue weighted by Crippen LogP contribution is 2.34. The van der Waals surface area contributed by atoms with E-state index in [0.29, 0.717) is 22.3 Å². The second-order valence-electron chi connectivity index (χ2n) is 7.54. The van der Waals surface area contributed by atoms with Gasteiger partial charge in [0.25, 0.3) is 0 Å². The van der Waals surface area contributed by atoms with Gasteiger partial charge in [-0.25, -0.2) is 0 Å². The average molecular weight is 472 g/mol. The van der Waals surface area contributed by atoms with Gasteiger partial charge in [-0.1, -0.05) is 12.1 Å². The highest BCUT2D eigenvalue weighted by atomic mass is 19.4. The minimum atomic E-state index is -4.65. The summed E-state index contributed by atoms with van der Waals surface area (Å²) in [6.07, 6.45) is -1.99. The molecule has 2 heterocycles. The standard InChI is InChI=1S/C24H19F3N2O5/c25-24(26,27)19-5-1-2-6-20(19)28-22(31)13-29(12-17-4-3-9-33-17)23(32)10-15-14-34-21-11-16(30)7-8-18(15)21/h1-9,11,14,30H,10,12-13H2,(H,28,31). The lowest BCUT2D eigenvalue weighted by Gasteiger charge is -2.22. The van der Waals surface area contributed by atoms with Crippen molar-refractivity contribution in [1.82, 2.24) is 4.90 Å². The van der Waals surface area contributed by atoms with Crippen LogP contribution in [0.1, 0.15) is 16.9 Å². The Morgan fingerprint density at radius 3 is 2.56 bits per heavy atom. The predicted octanol–water partition coefficient (Wildman–Crippen LogP) is 4.96. The van der Waals surface area contributed by atoms with Crippen molar-refractivity contribution in [3.63, 3.8) is 0 Å². The number of benzene rings is 2. The summed E-state index contributed by atoms with van der Waals surface area (Å²) < 4.78 is 50.4. The molecule has 0 unspecified atom stereocenters. The van der Waals surface area contributed by atoms with Gasteiger partial charge in [0.2, 0.25) is 11.8 Å². The monoisotopic (exact) mass is 472 g/mol. The van der Waals surface area contributed by atoms with Crippen LogP contribution in [0.3, 0.4) is 0 Å².